The first-order valence-electron chi connectivity index (χ1n) is 2.61. The van der Waals surface area contributed by atoms with Gasteiger partial charge in [0.05, 0.1) is 4.88 Å². The molecule has 0 spiro atoms. The predicted molar refractivity (Wildman–Crippen MR) is 50.3 cm³/mol. The molecule has 0 atom stereocenters. The molecular formula is C6H5BrClNS. The summed E-state index contributed by atoms with van der Waals surface area (Å²) in [6, 6.07) is 1.95. The highest BCUT2D eigenvalue weighted by molar-refractivity contribution is 9.10. The zero-order valence-corrected chi connectivity index (χ0v) is 8.42. The lowest BCUT2D eigenvalue weighted by atomic mass is 10.5. The molecule has 0 fully saturated rings. The van der Waals surface area contributed by atoms with Gasteiger partial charge in [-0.1, -0.05) is 11.6 Å². The summed E-state index contributed by atoms with van der Waals surface area (Å²) in [7, 11) is 1.68. The van der Waals surface area contributed by atoms with E-state index in [-0.39, 0.29) is 0 Å². The van der Waals surface area contributed by atoms with E-state index >= 15 is 0 Å². The smallest absolute Gasteiger partial charge is 0.141 e. The fourth-order valence-electron chi connectivity index (χ4n) is 0.542. The Kier molecular flexibility index (Phi) is 2.89. The first kappa shape index (κ1) is 8.24. The third-order valence-corrected chi connectivity index (χ3v) is 3.32. The molecule has 0 aliphatic carbocycles. The summed E-state index contributed by atoms with van der Waals surface area (Å²) in [6.45, 7) is 0. The quantitative estimate of drug-likeness (QED) is 0.667. The first-order chi connectivity index (χ1) is 4.75. The monoisotopic (exact) mass is 237 g/mol. The standard InChI is InChI=1S/C6H5BrClNS/c1-9-6(8)5-4(7)2-3-10-5/h2-3H,1H3/b9-6-. The van der Waals surface area contributed by atoms with Crippen molar-refractivity contribution < 1.29 is 0 Å². The Morgan fingerprint density at radius 1 is 1.80 bits per heavy atom. The summed E-state index contributed by atoms with van der Waals surface area (Å²) in [6.07, 6.45) is 0. The fraction of sp³-hybridized carbons (Fsp3) is 0.167. The summed E-state index contributed by atoms with van der Waals surface area (Å²) in [5.41, 5.74) is 0. The number of aliphatic imine (C=N–C) groups is 1. The van der Waals surface area contributed by atoms with Crippen LogP contribution >= 0.6 is 38.9 Å². The maximum absolute atomic E-state index is 5.77. The number of halogens is 2. The van der Waals surface area contributed by atoms with Crippen molar-refractivity contribution in [1.82, 2.24) is 0 Å². The maximum atomic E-state index is 5.77. The van der Waals surface area contributed by atoms with Gasteiger partial charge in [-0.25, -0.2) is 0 Å². The molecule has 1 heterocycles. The SMILES string of the molecule is C/N=C(\Cl)c1sccc1Br. The highest BCUT2D eigenvalue weighted by Crippen LogP contribution is 2.24. The molecule has 0 bridgehead atoms. The van der Waals surface area contributed by atoms with Gasteiger partial charge in [-0.2, -0.15) is 0 Å². The highest BCUT2D eigenvalue weighted by atomic mass is 79.9. The molecule has 0 aliphatic rings. The van der Waals surface area contributed by atoms with Crippen LogP contribution in [0.3, 0.4) is 0 Å². The van der Waals surface area contributed by atoms with Crippen LogP contribution in [0.25, 0.3) is 0 Å². The topological polar surface area (TPSA) is 12.4 Å². The minimum atomic E-state index is 0.557. The zero-order valence-electron chi connectivity index (χ0n) is 5.27. The molecule has 1 aromatic rings. The van der Waals surface area contributed by atoms with Gasteiger partial charge in [-0.15, -0.1) is 11.3 Å². The Hall–Kier alpha value is 0.140. The summed E-state index contributed by atoms with van der Waals surface area (Å²) in [5, 5.41) is 2.52. The Bertz CT molecular complexity index is 256. The van der Waals surface area contributed by atoms with Crippen molar-refractivity contribution in [2.75, 3.05) is 7.05 Å². The molecule has 0 unspecified atom stereocenters. The molecule has 0 saturated carbocycles. The predicted octanol–water partition coefficient (Wildman–Crippen LogP) is 3.13. The van der Waals surface area contributed by atoms with Crippen LogP contribution in [0, 0.1) is 0 Å². The van der Waals surface area contributed by atoms with Crippen molar-refractivity contribution in [3.05, 3.63) is 20.8 Å². The average molecular weight is 239 g/mol. The largest absolute Gasteiger partial charge is 0.275 e. The Labute approximate surface area is 76.9 Å². The van der Waals surface area contributed by atoms with Crippen molar-refractivity contribution in [3.8, 4) is 0 Å². The van der Waals surface area contributed by atoms with E-state index in [0.29, 0.717) is 5.17 Å². The molecule has 0 amide bonds. The summed E-state index contributed by atoms with van der Waals surface area (Å²) < 4.78 is 1.01. The van der Waals surface area contributed by atoms with E-state index in [1.54, 1.807) is 18.4 Å². The van der Waals surface area contributed by atoms with Crippen LogP contribution in [0.5, 0.6) is 0 Å². The van der Waals surface area contributed by atoms with E-state index in [4.69, 9.17) is 11.6 Å². The normalized spacial score (nSPS) is 12.1. The lowest BCUT2D eigenvalue weighted by molar-refractivity contribution is 1.46. The second-order valence-electron chi connectivity index (χ2n) is 1.61. The number of nitrogens with zero attached hydrogens (tertiary/aromatic N) is 1. The summed E-state index contributed by atoms with van der Waals surface area (Å²) in [5.74, 6) is 0. The molecule has 10 heavy (non-hydrogen) atoms. The number of rotatable bonds is 1. The van der Waals surface area contributed by atoms with Crippen LogP contribution < -0.4 is 0 Å². The molecule has 54 valence electrons. The fourth-order valence-corrected chi connectivity index (χ4v) is 2.38. The van der Waals surface area contributed by atoms with Gasteiger partial charge in [0.1, 0.15) is 5.17 Å². The molecule has 0 aliphatic heterocycles. The lowest BCUT2D eigenvalue weighted by Crippen LogP contribution is -1.85. The van der Waals surface area contributed by atoms with Crippen LogP contribution in [-0.2, 0) is 0 Å². The number of hydrogen-bond acceptors (Lipinski definition) is 2. The van der Waals surface area contributed by atoms with E-state index in [9.17, 15) is 0 Å². The van der Waals surface area contributed by atoms with Gasteiger partial charge in [0.2, 0.25) is 0 Å². The van der Waals surface area contributed by atoms with Crippen molar-refractivity contribution in [2.45, 2.75) is 0 Å². The van der Waals surface area contributed by atoms with Gasteiger partial charge in [0.25, 0.3) is 0 Å². The molecule has 0 N–H and O–H groups in total. The minimum Gasteiger partial charge on any atom is -0.275 e. The Morgan fingerprint density at radius 3 is 2.90 bits per heavy atom. The average Bonchev–Trinajstić information content (AvgIpc) is 2.34. The maximum Gasteiger partial charge on any atom is 0.141 e. The van der Waals surface area contributed by atoms with Crippen LogP contribution in [0.2, 0.25) is 0 Å². The number of hydrogen-bond donors (Lipinski definition) is 0. The molecule has 0 aromatic carbocycles. The molecule has 0 radical (unpaired) electrons. The minimum absolute atomic E-state index is 0.557. The van der Waals surface area contributed by atoms with E-state index in [0.717, 1.165) is 9.35 Å². The molecular weight excluding hydrogens is 233 g/mol. The van der Waals surface area contributed by atoms with E-state index in [2.05, 4.69) is 20.9 Å². The number of thiophene rings is 1. The Balaban J connectivity index is 3.05. The Morgan fingerprint density at radius 2 is 2.50 bits per heavy atom. The third kappa shape index (κ3) is 1.59. The second kappa shape index (κ2) is 3.51. The van der Waals surface area contributed by atoms with Gasteiger partial charge in [-0.05, 0) is 27.4 Å². The molecule has 4 heteroatoms. The van der Waals surface area contributed by atoms with Crippen molar-refractivity contribution >= 4 is 44.0 Å². The van der Waals surface area contributed by atoms with E-state index in [1.165, 1.54) is 0 Å². The highest BCUT2D eigenvalue weighted by Gasteiger charge is 2.04. The second-order valence-corrected chi connectivity index (χ2v) is 3.74. The van der Waals surface area contributed by atoms with Crippen LogP contribution in [0.4, 0.5) is 0 Å². The van der Waals surface area contributed by atoms with E-state index < -0.39 is 0 Å². The van der Waals surface area contributed by atoms with Gasteiger partial charge in [-0.3, -0.25) is 4.99 Å². The third-order valence-electron chi connectivity index (χ3n) is 1.00. The molecule has 1 aromatic heterocycles. The first-order valence-corrected chi connectivity index (χ1v) is 4.66. The van der Waals surface area contributed by atoms with Gasteiger partial charge < -0.3 is 0 Å². The lowest BCUT2D eigenvalue weighted by Gasteiger charge is -1.90. The molecule has 0 saturated heterocycles. The van der Waals surface area contributed by atoms with Crippen molar-refractivity contribution in [3.63, 3.8) is 0 Å². The molecule has 1 rings (SSSR count). The van der Waals surface area contributed by atoms with Gasteiger partial charge >= 0.3 is 0 Å². The van der Waals surface area contributed by atoms with Crippen LogP contribution in [0.1, 0.15) is 4.88 Å². The summed E-state index contributed by atoms with van der Waals surface area (Å²) in [4.78, 5) is 4.84. The van der Waals surface area contributed by atoms with Crippen LogP contribution in [-0.4, -0.2) is 12.2 Å². The van der Waals surface area contributed by atoms with Gasteiger partial charge in [0.15, 0.2) is 0 Å². The summed E-state index contributed by atoms with van der Waals surface area (Å²) >= 11 is 10.7. The van der Waals surface area contributed by atoms with Gasteiger partial charge in [0, 0.05) is 11.5 Å². The van der Waals surface area contributed by atoms with Crippen molar-refractivity contribution in [2.24, 2.45) is 4.99 Å². The molecule has 1 nitrogen and oxygen atoms in total. The van der Waals surface area contributed by atoms with Crippen LogP contribution in [0.15, 0.2) is 20.9 Å². The van der Waals surface area contributed by atoms with Crippen molar-refractivity contribution in [1.29, 1.82) is 0 Å². The van der Waals surface area contributed by atoms with E-state index in [1.807, 2.05) is 11.4 Å². The zero-order chi connectivity index (χ0) is 7.56.